The van der Waals surface area contributed by atoms with E-state index in [0.29, 0.717) is 24.3 Å². The Hall–Kier alpha value is -2.90. The molecule has 0 radical (unpaired) electrons. The number of anilines is 2. The van der Waals surface area contributed by atoms with Gasteiger partial charge in [0.2, 0.25) is 5.91 Å². The summed E-state index contributed by atoms with van der Waals surface area (Å²) >= 11 is 0. The van der Waals surface area contributed by atoms with Crippen LogP contribution in [0.25, 0.3) is 0 Å². The minimum atomic E-state index is -0.160. The highest BCUT2D eigenvalue weighted by molar-refractivity contribution is 6.03. The van der Waals surface area contributed by atoms with Crippen molar-refractivity contribution in [3.8, 4) is 0 Å². The van der Waals surface area contributed by atoms with E-state index in [0.717, 1.165) is 37.5 Å². The summed E-state index contributed by atoms with van der Waals surface area (Å²) in [5.41, 5.74) is 4.41. The van der Waals surface area contributed by atoms with Crippen LogP contribution in [0.3, 0.4) is 0 Å². The quantitative estimate of drug-likeness (QED) is 0.794. The molecule has 1 fully saturated rings. The van der Waals surface area contributed by atoms with Crippen molar-refractivity contribution in [3.05, 3.63) is 59.2 Å². The lowest BCUT2D eigenvalue weighted by atomic mass is 10.1. The third-order valence-corrected chi connectivity index (χ3v) is 5.50. The van der Waals surface area contributed by atoms with Crippen molar-refractivity contribution in [2.75, 3.05) is 43.5 Å². The predicted octanol–water partition coefficient (Wildman–Crippen LogP) is 2.23. The highest BCUT2D eigenvalue weighted by Crippen LogP contribution is 2.29. The van der Waals surface area contributed by atoms with Crippen LogP contribution in [0.2, 0.25) is 0 Å². The fraction of sp³-hybridized carbons (Fsp3) is 0.391. The van der Waals surface area contributed by atoms with Gasteiger partial charge >= 0.3 is 0 Å². The largest absolute Gasteiger partial charge is 0.376 e. The fourth-order valence-electron chi connectivity index (χ4n) is 4.02. The van der Waals surface area contributed by atoms with Gasteiger partial charge in [0.25, 0.3) is 5.91 Å². The van der Waals surface area contributed by atoms with E-state index >= 15 is 0 Å². The van der Waals surface area contributed by atoms with Crippen molar-refractivity contribution in [2.24, 2.45) is 0 Å². The molecule has 1 saturated heterocycles. The Bertz CT molecular complexity index is 946. The van der Waals surface area contributed by atoms with Gasteiger partial charge in [0, 0.05) is 38.8 Å². The summed E-state index contributed by atoms with van der Waals surface area (Å²) < 4.78 is 5.61. The smallest absolute Gasteiger partial charge is 0.251 e. The van der Waals surface area contributed by atoms with Crippen LogP contribution >= 0.6 is 0 Å². The lowest BCUT2D eigenvalue weighted by Gasteiger charge is -2.31. The Balaban J connectivity index is 1.37. The molecule has 7 heteroatoms. The zero-order valence-electron chi connectivity index (χ0n) is 17.5. The average molecular weight is 409 g/mol. The van der Waals surface area contributed by atoms with Gasteiger partial charge in [0.15, 0.2) is 0 Å². The van der Waals surface area contributed by atoms with E-state index in [1.165, 1.54) is 5.56 Å². The first-order chi connectivity index (χ1) is 14.5. The first-order valence-corrected chi connectivity index (χ1v) is 10.3. The molecule has 2 aliphatic rings. The molecule has 0 aliphatic carbocycles. The molecule has 0 aromatic heterocycles. The Labute approximate surface area is 177 Å². The molecular weight excluding hydrogens is 380 g/mol. The van der Waals surface area contributed by atoms with Gasteiger partial charge in [-0.25, -0.2) is 0 Å². The molecule has 0 saturated carbocycles. The van der Waals surface area contributed by atoms with Crippen LogP contribution in [0.5, 0.6) is 0 Å². The van der Waals surface area contributed by atoms with E-state index in [1.54, 1.807) is 12.1 Å². The number of amides is 2. The van der Waals surface area contributed by atoms with E-state index in [1.807, 2.05) is 30.1 Å². The molecule has 7 nitrogen and oxygen atoms in total. The van der Waals surface area contributed by atoms with Gasteiger partial charge in [-0.05, 0) is 36.2 Å². The summed E-state index contributed by atoms with van der Waals surface area (Å²) in [6, 6.07) is 13.7. The van der Waals surface area contributed by atoms with Gasteiger partial charge in [-0.1, -0.05) is 24.3 Å². The molecule has 2 aromatic rings. The number of nitrogens with zero attached hydrogens (tertiary/aromatic N) is 2. The van der Waals surface area contributed by atoms with E-state index < -0.39 is 0 Å². The Morgan fingerprint density at radius 2 is 2.07 bits per heavy atom. The highest BCUT2D eigenvalue weighted by atomic mass is 16.5. The lowest BCUT2D eigenvalue weighted by molar-refractivity contribution is -0.115. The maximum Gasteiger partial charge on any atom is 0.251 e. The molecule has 158 valence electrons. The molecule has 1 atom stereocenters. The van der Waals surface area contributed by atoms with Crippen LogP contribution in [-0.2, 0) is 22.6 Å². The summed E-state index contributed by atoms with van der Waals surface area (Å²) in [4.78, 5) is 28.7. The summed E-state index contributed by atoms with van der Waals surface area (Å²) in [6.07, 6.45) is 0.266. The monoisotopic (exact) mass is 408 g/mol. The van der Waals surface area contributed by atoms with Crippen LogP contribution < -0.4 is 15.5 Å². The summed E-state index contributed by atoms with van der Waals surface area (Å²) in [5.74, 6) is -0.235. The molecule has 0 bridgehead atoms. The van der Waals surface area contributed by atoms with Crippen LogP contribution in [-0.4, -0.2) is 56.1 Å². The van der Waals surface area contributed by atoms with Crippen LogP contribution in [0.1, 0.15) is 28.4 Å². The number of benzene rings is 2. The van der Waals surface area contributed by atoms with Gasteiger partial charge in [-0.15, -0.1) is 0 Å². The second kappa shape index (κ2) is 8.85. The standard InChI is InChI=1S/C23H28N4O3/c1-16-13-27(8-9-30-16)14-18-5-3-4-17(10-18)12-24-23(29)19-6-7-21-20(11-19)25-22(28)15-26(21)2/h3-7,10-11,16H,8-9,12-15H2,1-2H3,(H,24,29)(H,25,28). The number of carbonyl (C=O) groups excluding carboxylic acids is 2. The predicted molar refractivity (Wildman–Crippen MR) is 117 cm³/mol. The van der Waals surface area contributed by atoms with Crippen molar-refractivity contribution in [1.82, 2.24) is 10.2 Å². The number of likely N-dealkylation sites (N-methyl/N-ethyl adjacent to an activating group) is 1. The minimum absolute atomic E-state index is 0.0750. The average Bonchev–Trinajstić information content (AvgIpc) is 2.72. The number of carbonyl (C=O) groups is 2. The van der Waals surface area contributed by atoms with Crippen LogP contribution in [0, 0.1) is 0 Å². The van der Waals surface area contributed by atoms with E-state index in [4.69, 9.17) is 4.74 Å². The topological polar surface area (TPSA) is 73.9 Å². The van der Waals surface area contributed by atoms with E-state index in [9.17, 15) is 9.59 Å². The van der Waals surface area contributed by atoms with E-state index in [-0.39, 0.29) is 17.9 Å². The highest BCUT2D eigenvalue weighted by Gasteiger charge is 2.20. The molecule has 2 aromatic carbocycles. The second-order valence-electron chi connectivity index (χ2n) is 8.06. The van der Waals surface area contributed by atoms with Gasteiger partial charge < -0.3 is 20.3 Å². The van der Waals surface area contributed by atoms with E-state index in [2.05, 4.69) is 34.6 Å². The SMILES string of the molecule is CC1CN(Cc2cccc(CNC(=O)c3ccc4c(c3)NC(=O)CN4C)c2)CCO1. The minimum Gasteiger partial charge on any atom is -0.376 e. The molecule has 2 aliphatic heterocycles. The number of rotatable bonds is 5. The maximum absolute atomic E-state index is 12.6. The third-order valence-electron chi connectivity index (χ3n) is 5.50. The fourth-order valence-corrected chi connectivity index (χ4v) is 4.02. The van der Waals surface area contributed by atoms with Crippen molar-refractivity contribution in [1.29, 1.82) is 0 Å². The lowest BCUT2D eigenvalue weighted by Crippen LogP contribution is -2.40. The molecule has 4 rings (SSSR count). The third kappa shape index (κ3) is 4.80. The summed E-state index contributed by atoms with van der Waals surface area (Å²) in [7, 11) is 1.86. The number of nitrogens with one attached hydrogen (secondary N) is 2. The Morgan fingerprint density at radius 1 is 1.23 bits per heavy atom. The van der Waals surface area contributed by atoms with Gasteiger partial charge in [-0.3, -0.25) is 14.5 Å². The van der Waals surface area contributed by atoms with Crippen LogP contribution in [0.4, 0.5) is 11.4 Å². The van der Waals surface area contributed by atoms with Gasteiger partial charge in [-0.2, -0.15) is 0 Å². The normalized spacial score (nSPS) is 19.2. The van der Waals surface area contributed by atoms with Crippen LogP contribution in [0.15, 0.2) is 42.5 Å². The Kier molecular flexibility index (Phi) is 6.01. The maximum atomic E-state index is 12.6. The molecule has 2 N–H and O–H groups in total. The molecular formula is C23H28N4O3. The molecule has 30 heavy (non-hydrogen) atoms. The number of fused-ring (bicyclic) bond motifs is 1. The number of ether oxygens (including phenoxy) is 1. The van der Waals surface area contributed by atoms with Crippen molar-refractivity contribution >= 4 is 23.2 Å². The van der Waals surface area contributed by atoms with Crippen molar-refractivity contribution in [2.45, 2.75) is 26.1 Å². The number of hydrogen-bond acceptors (Lipinski definition) is 5. The van der Waals surface area contributed by atoms with Crippen molar-refractivity contribution in [3.63, 3.8) is 0 Å². The number of morpholine rings is 1. The molecule has 2 heterocycles. The second-order valence-corrected chi connectivity index (χ2v) is 8.06. The molecule has 1 unspecified atom stereocenters. The Morgan fingerprint density at radius 3 is 2.90 bits per heavy atom. The first-order valence-electron chi connectivity index (χ1n) is 10.3. The molecule has 2 amide bonds. The summed E-state index contributed by atoms with van der Waals surface area (Å²) in [5, 5.41) is 5.82. The zero-order valence-corrected chi connectivity index (χ0v) is 17.5. The molecule has 0 spiro atoms. The van der Waals surface area contributed by atoms with Gasteiger partial charge in [0.1, 0.15) is 0 Å². The first kappa shape index (κ1) is 20.4. The van der Waals surface area contributed by atoms with Gasteiger partial charge in [0.05, 0.1) is 30.6 Å². The van der Waals surface area contributed by atoms with Crippen molar-refractivity contribution < 1.29 is 14.3 Å². The zero-order chi connectivity index (χ0) is 21.1. The summed E-state index contributed by atoms with van der Waals surface area (Å²) in [6.45, 7) is 6.40. The number of hydrogen-bond donors (Lipinski definition) is 2.